The Morgan fingerprint density at radius 1 is 1.23 bits per heavy atom. The van der Waals surface area contributed by atoms with Crippen molar-refractivity contribution in [2.45, 2.75) is 30.7 Å². The van der Waals surface area contributed by atoms with Crippen LogP contribution >= 0.6 is 11.6 Å². The van der Waals surface area contributed by atoms with Gasteiger partial charge in [0.25, 0.3) is 0 Å². The molecular weight excluding hydrogens is 434 g/mol. The lowest BCUT2D eigenvalue weighted by Crippen LogP contribution is -2.45. The van der Waals surface area contributed by atoms with Crippen LogP contribution in [0.3, 0.4) is 0 Å². The highest BCUT2D eigenvalue weighted by atomic mass is 35.5. The van der Waals surface area contributed by atoms with Gasteiger partial charge in [0.2, 0.25) is 16.0 Å². The average Bonchev–Trinajstić information content (AvgIpc) is 3.45. The summed E-state index contributed by atoms with van der Waals surface area (Å²) in [5.41, 5.74) is 0.754. The molecule has 162 valence electrons. The van der Waals surface area contributed by atoms with Gasteiger partial charge < -0.3 is 20.1 Å². The topological polar surface area (TPSA) is 124 Å². The van der Waals surface area contributed by atoms with E-state index in [2.05, 4.69) is 25.7 Å². The van der Waals surface area contributed by atoms with E-state index in [1.54, 1.807) is 17.1 Å². The molecular formula is C17H22ClN7O4S. The fourth-order valence-electron chi connectivity index (χ4n) is 4.20. The van der Waals surface area contributed by atoms with E-state index in [0.29, 0.717) is 43.0 Å². The zero-order chi connectivity index (χ0) is 20.9. The van der Waals surface area contributed by atoms with Crippen LogP contribution < -0.4 is 10.6 Å². The molecule has 30 heavy (non-hydrogen) atoms. The molecule has 0 bridgehead atoms. The summed E-state index contributed by atoms with van der Waals surface area (Å²) in [5.74, 6) is 1.01. The number of sulfonamides is 1. The molecule has 2 aromatic rings. The van der Waals surface area contributed by atoms with Crippen molar-refractivity contribution in [1.29, 1.82) is 0 Å². The van der Waals surface area contributed by atoms with Gasteiger partial charge in [0.05, 0.1) is 49.1 Å². The Morgan fingerprint density at radius 3 is 2.80 bits per heavy atom. The second kappa shape index (κ2) is 7.61. The summed E-state index contributed by atoms with van der Waals surface area (Å²) in [5, 5.41) is 10.8. The van der Waals surface area contributed by atoms with E-state index in [0.717, 1.165) is 5.69 Å². The second-order valence-electron chi connectivity index (χ2n) is 7.61. The van der Waals surface area contributed by atoms with Gasteiger partial charge in [-0.15, -0.1) is 0 Å². The Bertz CT molecular complexity index is 1050. The Balaban J connectivity index is 1.29. The maximum atomic E-state index is 12.3. The first-order valence-electron chi connectivity index (χ1n) is 9.68. The van der Waals surface area contributed by atoms with E-state index in [4.69, 9.17) is 21.1 Å². The Hall–Kier alpha value is -1.99. The van der Waals surface area contributed by atoms with E-state index in [9.17, 15) is 8.42 Å². The molecule has 11 nitrogen and oxygen atoms in total. The molecule has 0 aliphatic carbocycles. The standard InChI is InChI=1S/C17H22ClN7O4S/c1-24-7-10(5-20-24)21-17-19-6-11(18)16(23-17)22-12-8-28-15-13(9-29-14(12)15)25-3-2-4-30(25,26)27/h5-7,12-15H,2-4,8-9H2,1H3,(H2,19,21,22,23)/t12-,13+,14?,15?/m1/s1. The summed E-state index contributed by atoms with van der Waals surface area (Å²) in [4.78, 5) is 8.65. The van der Waals surface area contributed by atoms with Crippen molar-refractivity contribution < 1.29 is 17.9 Å². The normalized spacial score (nSPS) is 30.5. The highest BCUT2D eigenvalue weighted by Crippen LogP contribution is 2.35. The molecule has 3 saturated heterocycles. The first kappa shape index (κ1) is 19.9. The first-order chi connectivity index (χ1) is 14.4. The highest BCUT2D eigenvalue weighted by Gasteiger charge is 2.52. The van der Waals surface area contributed by atoms with Gasteiger partial charge in [0.1, 0.15) is 17.2 Å². The molecule has 5 rings (SSSR count). The molecule has 0 amide bonds. The van der Waals surface area contributed by atoms with E-state index in [1.807, 2.05) is 7.05 Å². The third-order valence-electron chi connectivity index (χ3n) is 5.56. The van der Waals surface area contributed by atoms with Crippen molar-refractivity contribution in [3.63, 3.8) is 0 Å². The number of anilines is 3. The molecule has 5 heterocycles. The molecule has 3 fully saturated rings. The van der Waals surface area contributed by atoms with E-state index in [1.165, 1.54) is 10.5 Å². The maximum absolute atomic E-state index is 12.3. The summed E-state index contributed by atoms with van der Waals surface area (Å²) < 4.78 is 39.7. The predicted molar refractivity (Wildman–Crippen MR) is 109 cm³/mol. The number of nitrogens with one attached hydrogen (secondary N) is 2. The quantitative estimate of drug-likeness (QED) is 0.666. The van der Waals surface area contributed by atoms with Gasteiger partial charge in [-0.25, -0.2) is 13.4 Å². The summed E-state index contributed by atoms with van der Waals surface area (Å²) in [7, 11) is -1.41. The summed E-state index contributed by atoms with van der Waals surface area (Å²) in [6, 6.07) is -0.498. The fourth-order valence-corrected chi connectivity index (χ4v) is 6.07. The number of rotatable bonds is 5. The minimum atomic E-state index is -3.23. The van der Waals surface area contributed by atoms with Crippen molar-refractivity contribution in [3.8, 4) is 0 Å². The first-order valence-corrected chi connectivity index (χ1v) is 11.7. The second-order valence-corrected chi connectivity index (χ2v) is 10.1. The van der Waals surface area contributed by atoms with E-state index < -0.39 is 10.0 Å². The molecule has 2 unspecified atom stereocenters. The lowest BCUT2D eigenvalue weighted by molar-refractivity contribution is 0.0600. The number of aryl methyl sites for hydroxylation is 1. The van der Waals surface area contributed by atoms with Crippen LogP contribution in [0.25, 0.3) is 0 Å². The number of hydrogen-bond acceptors (Lipinski definition) is 9. The van der Waals surface area contributed by atoms with Crippen LogP contribution in [0.15, 0.2) is 18.6 Å². The molecule has 3 aliphatic rings. The van der Waals surface area contributed by atoms with Crippen LogP contribution in [0.2, 0.25) is 5.02 Å². The zero-order valence-corrected chi connectivity index (χ0v) is 17.8. The lowest BCUT2D eigenvalue weighted by atomic mass is 10.1. The van der Waals surface area contributed by atoms with Gasteiger partial charge in [-0.1, -0.05) is 11.6 Å². The van der Waals surface area contributed by atoms with E-state index in [-0.39, 0.29) is 30.0 Å². The maximum Gasteiger partial charge on any atom is 0.229 e. The minimum Gasteiger partial charge on any atom is -0.371 e. The number of aromatic nitrogens is 4. The molecule has 0 saturated carbocycles. The Kier molecular flexibility index (Phi) is 5.06. The highest BCUT2D eigenvalue weighted by molar-refractivity contribution is 7.89. The van der Waals surface area contributed by atoms with Crippen LogP contribution in [-0.4, -0.2) is 82.3 Å². The van der Waals surface area contributed by atoms with Crippen LogP contribution in [0.4, 0.5) is 17.5 Å². The molecule has 0 aromatic carbocycles. The van der Waals surface area contributed by atoms with Crippen LogP contribution in [0, 0.1) is 0 Å². The smallest absolute Gasteiger partial charge is 0.229 e. The van der Waals surface area contributed by atoms with Gasteiger partial charge in [-0.3, -0.25) is 4.68 Å². The predicted octanol–water partition coefficient (Wildman–Crippen LogP) is 0.589. The largest absolute Gasteiger partial charge is 0.371 e. The molecule has 2 N–H and O–H groups in total. The molecule has 2 aromatic heterocycles. The van der Waals surface area contributed by atoms with Crippen molar-refractivity contribution in [1.82, 2.24) is 24.1 Å². The lowest BCUT2D eigenvalue weighted by Gasteiger charge is -2.25. The molecule has 3 aliphatic heterocycles. The van der Waals surface area contributed by atoms with Gasteiger partial charge in [-0.05, 0) is 6.42 Å². The Labute approximate surface area is 178 Å². The van der Waals surface area contributed by atoms with Crippen LogP contribution in [0.1, 0.15) is 6.42 Å². The number of nitrogens with zero attached hydrogens (tertiary/aromatic N) is 5. The summed E-state index contributed by atoms with van der Waals surface area (Å²) in [6.07, 6.45) is 5.02. The number of ether oxygens (including phenoxy) is 2. The fraction of sp³-hybridized carbons (Fsp3) is 0.588. The summed E-state index contributed by atoms with van der Waals surface area (Å²) in [6.45, 7) is 1.20. The van der Waals surface area contributed by atoms with E-state index >= 15 is 0 Å². The number of fused-ring (bicyclic) bond motifs is 1. The Morgan fingerprint density at radius 2 is 2.07 bits per heavy atom. The number of hydrogen-bond donors (Lipinski definition) is 2. The van der Waals surface area contributed by atoms with Gasteiger partial charge in [-0.2, -0.15) is 14.4 Å². The van der Waals surface area contributed by atoms with Gasteiger partial charge in [0, 0.05) is 19.8 Å². The SMILES string of the molecule is Cn1cc(Nc2ncc(Cl)c(N[C@@H]3COC4C3OC[C@@H]4N3CCCS3(=O)=O)n2)cn1. The third kappa shape index (κ3) is 3.62. The third-order valence-corrected chi connectivity index (χ3v) is 7.81. The van der Waals surface area contributed by atoms with Crippen LogP contribution in [0.5, 0.6) is 0 Å². The molecule has 0 radical (unpaired) electrons. The monoisotopic (exact) mass is 455 g/mol. The minimum absolute atomic E-state index is 0.186. The molecule has 0 spiro atoms. The van der Waals surface area contributed by atoms with Gasteiger partial charge in [0.15, 0.2) is 5.82 Å². The average molecular weight is 456 g/mol. The number of halogens is 1. The van der Waals surface area contributed by atoms with Crippen molar-refractivity contribution in [2.75, 3.05) is 36.1 Å². The molecule has 4 atom stereocenters. The molecule has 13 heteroatoms. The van der Waals surface area contributed by atoms with Crippen LogP contribution in [-0.2, 0) is 26.5 Å². The van der Waals surface area contributed by atoms with Crippen molar-refractivity contribution >= 4 is 39.1 Å². The van der Waals surface area contributed by atoms with Crippen molar-refractivity contribution in [2.24, 2.45) is 7.05 Å². The van der Waals surface area contributed by atoms with Crippen molar-refractivity contribution in [3.05, 3.63) is 23.6 Å². The summed E-state index contributed by atoms with van der Waals surface area (Å²) >= 11 is 6.29. The zero-order valence-electron chi connectivity index (χ0n) is 16.2. The van der Waals surface area contributed by atoms with Gasteiger partial charge >= 0.3 is 0 Å².